The summed E-state index contributed by atoms with van der Waals surface area (Å²) >= 11 is 0. The van der Waals surface area contributed by atoms with Crippen LogP contribution in [-0.2, 0) is 0 Å². The van der Waals surface area contributed by atoms with Crippen molar-refractivity contribution in [3.05, 3.63) is 35.2 Å². The molecule has 0 unspecified atom stereocenters. The van der Waals surface area contributed by atoms with Crippen molar-refractivity contribution in [3.63, 3.8) is 0 Å². The van der Waals surface area contributed by atoms with Crippen molar-refractivity contribution in [2.45, 2.75) is 39.8 Å². The lowest BCUT2D eigenvalue weighted by Crippen LogP contribution is -2.49. The van der Waals surface area contributed by atoms with Gasteiger partial charge in [-0.1, -0.05) is 18.1 Å². The fourth-order valence-corrected chi connectivity index (χ4v) is 3.72. The topological polar surface area (TPSA) is 129 Å². The van der Waals surface area contributed by atoms with E-state index in [1.807, 2.05) is 14.0 Å². The Hall–Kier alpha value is -3.11. The highest BCUT2D eigenvalue weighted by molar-refractivity contribution is 6.04. The van der Waals surface area contributed by atoms with Gasteiger partial charge in [-0.3, -0.25) is 4.79 Å². The second-order valence-corrected chi connectivity index (χ2v) is 8.14. The standard InChI is InChI=1S/C22H31N5O5/c1-12-10-27(13(2)11-28)21(29)16-7-6-8-17(20(16)31-18(12)9-23-5)24-22(30)25-19-14(3)26-32-15(19)4/h6-8,12-13,18,23,28H,9-11H2,1-5H3,(H2,24,25,30)/t12-,13+,18+/m1/s1. The summed E-state index contributed by atoms with van der Waals surface area (Å²) in [4.78, 5) is 27.7. The first kappa shape index (κ1) is 23.6. The Balaban J connectivity index is 1.97. The number of rotatable bonds is 6. The van der Waals surface area contributed by atoms with Gasteiger partial charge in [0.05, 0.1) is 23.9 Å². The molecular weight excluding hydrogens is 414 g/mol. The van der Waals surface area contributed by atoms with Gasteiger partial charge in [0.15, 0.2) is 11.5 Å². The quantitative estimate of drug-likeness (QED) is 0.537. The second-order valence-electron chi connectivity index (χ2n) is 8.14. The Morgan fingerprint density at radius 1 is 1.34 bits per heavy atom. The lowest BCUT2D eigenvalue weighted by atomic mass is 9.99. The van der Waals surface area contributed by atoms with E-state index < -0.39 is 6.03 Å². The second kappa shape index (κ2) is 10.0. The number of aliphatic hydroxyl groups is 1. The SMILES string of the molecule is CNC[C@@H]1Oc2c(NC(=O)Nc3c(C)noc3C)cccc2C(=O)N([C@@H](C)CO)C[C@H]1C. The van der Waals surface area contributed by atoms with Crippen LogP contribution in [0.5, 0.6) is 5.75 Å². The summed E-state index contributed by atoms with van der Waals surface area (Å²) in [6, 6.07) is 4.17. The fourth-order valence-electron chi connectivity index (χ4n) is 3.72. The summed E-state index contributed by atoms with van der Waals surface area (Å²) in [7, 11) is 1.83. The van der Waals surface area contributed by atoms with Gasteiger partial charge < -0.3 is 35.2 Å². The van der Waals surface area contributed by atoms with E-state index in [1.54, 1.807) is 43.9 Å². The molecule has 1 aromatic heterocycles. The zero-order valence-corrected chi connectivity index (χ0v) is 19.1. The van der Waals surface area contributed by atoms with Crippen LogP contribution in [0, 0.1) is 19.8 Å². The highest BCUT2D eigenvalue weighted by atomic mass is 16.5. The predicted molar refractivity (Wildman–Crippen MR) is 120 cm³/mol. The van der Waals surface area contributed by atoms with Crippen molar-refractivity contribution >= 4 is 23.3 Å². The van der Waals surface area contributed by atoms with Crippen molar-refractivity contribution in [2.24, 2.45) is 5.92 Å². The smallest absolute Gasteiger partial charge is 0.323 e. The first-order valence-corrected chi connectivity index (χ1v) is 10.6. The summed E-state index contributed by atoms with van der Waals surface area (Å²) in [5.74, 6) is 0.515. The van der Waals surface area contributed by atoms with Gasteiger partial charge in [0.1, 0.15) is 17.5 Å². The first-order valence-electron chi connectivity index (χ1n) is 10.6. The molecule has 3 amide bonds. The molecule has 1 aliphatic heterocycles. The monoisotopic (exact) mass is 445 g/mol. The van der Waals surface area contributed by atoms with E-state index in [9.17, 15) is 14.7 Å². The van der Waals surface area contributed by atoms with Crippen LogP contribution in [0.4, 0.5) is 16.2 Å². The molecule has 0 radical (unpaired) electrons. The molecule has 3 atom stereocenters. The Bertz CT molecular complexity index is 956. The number of hydrogen-bond donors (Lipinski definition) is 4. The van der Waals surface area contributed by atoms with Crippen LogP contribution in [0.1, 0.15) is 35.7 Å². The number of likely N-dealkylation sites (N-methyl/N-ethyl adjacent to an activating group) is 1. The molecule has 1 aliphatic rings. The minimum Gasteiger partial charge on any atom is -0.486 e. The zero-order chi connectivity index (χ0) is 23.4. The Morgan fingerprint density at radius 3 is 2.72 bits per heavy atom. The van der Waals surface area contributed by atoms with E-state index in [0.29, 0.717) is 47.2 Å². The number of ether oxygens (including phenoxy) is 1. The van der Waals surface area contributed by atoms with Crippen LogP contribution < -0.4 is 20.7 Å². The van der Waals surface area contributed by atoms with Gasteiger partial charge in [0.2, 0.25) is 0 Å². The number of carbonyl (C=O) groups is 2. The van der Waals surface area contributed by atoms with E-state index in [2.05, 4.69) is 21.1 Å². The van der Waals surface area contributed by atoms with Crippen molar-refractivity contribution in [3.8, 4) is 5.75 Å². The van der Waals surface area contributed by atoms with E-state index in [-0.39, 0.29) is 30.6 Å². The summed E-state index contributed by atoms with van der Waals surface area (Å²) in [6.45, 7) is 8.08. The van der Waals surface area contributed by atoms with E-state index in [4.69, 9.17) is 9.26 Å². The van der Waals surface area contributed by atoms with Gasteiger partial charge in [-0.15, -0.1) is 0 Å². The number of aromatic nitrogens is 1. The largest absolute Gasteiger partial charge is 0.486 e. The fraction of sp³-hybridized carbons (Fsp3) is 0.500. The minimum absolute atomic E-state index is 0.0160. The van der Waals surface area contributed by atoms with Gasteiger partial charge >= 0.3 is 6.03 Å². The maximum absolute atomic E-state index is 13.4. The zero-order valence-electron chi connectivity index (χ0n) is 19.1. The minimum atomic E-state index is -0.510. The third kappa shape index (κ3) is 4.86. The van der Waals surface area contributed by atoms with Crippen LogP contribution in [0.3, 0.4) is 0 Å². The third-order valence-electron chi connectivity index (χ3n) is 5.62. The lowest BCUT2D eigenvalue weighted by molar-refractivity contribution is 0.0417. The molecule has 4 N–H and O–H groups in total. The molecule has 2 heterocycles. The average molecular weight is 446 g/mol. The van der Waals surface area contributed by atoms with Gasteiger partial charge in [0.25, 0.3) is 5.91 Å². The Morgan fingerprint density at radius 2 is 2.09 bits per heavy atom. The summed E-state index contributed by atoms with van der Waals surface area (Å²) < 4.78 is 11.4. The number of urea groups is 1. The molecule has 0 aliphatic carbocycles. The maximum Gasteiger partial charge on any atom is 0.323 e. The first-order chi connectivity index (χ1) is 15.3. The highest BCUT2D eigenvalue weighted by Crippen LogP contribution is 2.35. The number of para-hydroxylation sites is 1. The number of amides is 3. The van der Waals surface area contributed by atoms with Gasteiger partial charge in [0, 0.05) is 19.0 Å². The highest BCUT2D eigenvalue weighted by Gasteiger charge is 2.34. The molecule has 3 rings (SSSR count). The van der Waals surface area contributed by atoms with Crippen molar-refractivity contribution in [2.75, 3.05) is 37.4 Å². The summed E-state index contributed by atoms with van der Waals surface area (Å²) in [5.41, 5.74) is 1.74. The van der Waals surface area contributed by atoms with Gasteiger partial charge in [-0.25, -0.2) is 4.79 Å². The predicted octanol–water partition coefficient (Wildman–Crippen LogP) is 2.37. The number of anilines is 2. The van der Waals surface area contributed by atoms with Crippen molar-refractivity contribution < 1.29 is 24.0 Å². The molecule has 0 fully saturated rings. The third-order valence-corrected chi connectivity index (χ3v) is 5.62. The number of aryl methyl sites for hydroxylation is 2. The Labute approximate surface area is 187 Å². The van der Waals surface area contributed by atoms with Crippen LogP contribution in [0.2, 0.25) is 0 Å². The lowest BCUT2D eigenvalue weighted by Gasteiger charge is -2.37. The van der Waals surface area contributed by atoms with Crippen molar-refractivity contribution in [1.29, 1.82) is 0 Å². The van der Waals surface area contributed by atoms with Crippen LogP contribution >= 0.6 is 0 Å². The van der Waals surface area contributed by atoms with Crippen LogP contribution in [0.25, 0.3) is 0 Å². The van der Waals surface area contributed by atoms with E-state index in [1.165, 1.54) is 0 Å². The summed E-state index contributed by atoms with van der Waals surface area (Å²) in [5, 5.41) is 22.2. The number of aliphatic hydroxyl groups excluding tert-OH is 1. The summed E-state index contributed by atoms with van der Waals surface area (Å²) in [6.07, 6.45) is -0.256. The molecule has 0 saturated heterocycles. The normalized spacial score (nSPS) is 19.4. The number of carbonyl (C=O) groups excluding carboxylic acids is 2. The molecule has 2 aromatic rings. The molecule has 174 valence electrons. The van der Waals surface area contributed by atoms with Crippen LogP contribution in [0.15, 0.2) is 22.7 Å². The van der Waals surface area contributed by atoms with E-state index >= 15 is 0 Å². The number of fused-ring (bicyclic) bond motifs is 1. The molecule has 10 heteroatoms. The van der Waals surface area contributed by atoms with Crippen LogP contribution in [-0.4, -0.2) is 66.0 Å². The maximum atomic E-state index is 13.4. The molecule has 0 bridgehead atoms. The van der Waals surface area contributed by atoms with Crippen molar-refractivity contribution in [1.82, 2.24) is 15.4 Å². The molecular formula is C22H31N5O5. The number of hydrogen-bond acceptors (Lipinski definition) is 7. The Kier molecular flexibility index (Phi) is 7.37. The van der Waals surface area contributed by atoms with Gasteiger partial charge in [-0.05, 0) is 40.0 Å². The molecule has 1 aromatic carbocycles. The van der Waals surface area contributed by atoms with Gasteiger partial charge in [-0.2, -0.15) is 0 Å². The average Bonchev–Trinajstić information content (AvgIpc) is 3.08. The number of nitrogens with one attached hydrogen (secondary N) is 3. The molecule has 0 saturated carbocycles. The molecule has 0 spiro atoms. The number of nitrogens with zero attached hydrogens (tertiary/aromatic N) is 2. The van der Waals surface area contributed by atoms with E-state index in [0.717, 1.165) is 0 Å². The number of benzene rings is 1. The molecule has 10 nitrogen and oxygen atoms in total. The molecule has 32 heavy (non-hydrogen) atoms.